The van der Waals surface area contributed by atoms with Crippen LogP contribution in [0.2, 0.25) is 0 Å². The number of hydrogen-bond donors (Lipinski definition) is 1. The summed E-state index contributed by atoms with van der Waals surface area (Å²) in [7, 11) is 1.97. The first kappa shape index (κ1) is 9.98. The summed E-state index contributed by atoms with van der Waals surface area (Å²) >= 11 is 2.27. The van der Waals surface area contributed by atoms with Gasteiger partial charge in [0.2, 0.25) is 0 Å². The van der Waals surface area contributed by atoms with Gasteiger partial charge in [0.1, 0.15) is 0 Å². The molecule has 0 aliphatic rings. The third kappa shape index (κ3) is 2.45. The summed E-state index contributed by atoms with van der Waals surface area (Å²) in [5, 5.41) is 7.44. The van der Waals surface area contributed by atoms with Gasteiger partial charge in [0, 0.05) is 12.7 Å². The zero-order valence-corrected chi connectivity index (χ0v) is 9.58. The number of nitrogens with one attached hydrogen (secondary N) is 1. The fraction of sp³-hybridized carbons (Fsp3) is 0.625. The lowest BCUT2D eigenvalue weighted by Crippen LogP contribution is -2.22. The maximum atomic E-state index is 4.27. The quantitative estimate of drug-likeness (QED) is 0.849. The highest BCUT2D eigenvalue weighted by Gasteiger charge is 2.07. The molecule has 0 aliphatic heterocycles. The highest BCUT2D eigenvalue weighted by Crippen LogP contribution is 2.11. The Labute approximate surface area is 86.7 Å². The average molecular weight is 279 g/mol. The first-order chi connectivity index (χ1) is 5.77. The number of rotatable bonds is 4. The minimum Gasteiger partial charge on any atom is -0.318 e. The fourth-order valence-electron chi connectivity index (χ4n) is 1.18. The summed E-state index contributed by atoms with van der Waals surface area (Å²) in [6.45, 7) is 3.16. The number of aromatic nitrogens is 2. The zero-order valence-electron chi connectivity index (χ0n) is 7.42. The molecule has 0 spiro atoms. The highest BCUT2D eigenvalue weighted by atomic mass is 127. The van der Waals surface area contributed by atoms with Crippen LogP contribution in [0, 0.1) is 3.57 Å². The number of halogens is 1. The molecule has 0 bridgehead atoms. The van der Waals surface area contributed by atoms with Crippen LogP contribution in [-0.4, -0.2) is 23.4 Å². The van der Waals surface area contributed by atoms with E-state index in [2.05, 4.69) is 46.1 Å². The van der Waals surface area contributed by atoms with E-state index in [0.29, 0.717) is 6.04 Å². The molecule has 1 aromatic rings. The van der Waals surface area contributed by atoms with Gasteiger partial charge in [0.25, 0.3) is 0 Å². The van der Waals surface area contributed by atoms with E-state index in [1.165, 1.54) is 3.57 Å². The van der Waals surface area contributed by atoms with Crippen molar-refractivity contribution in [3.05, 3.63) is 16.0 Å². The third-order valence-corrected chi connectivity index (χ3v) is 2.41. The lowest BCUT2D eigenvalue weighted by molar-refractivity contribution is 0.425. The van der Waals surface area contributed by atoms with Gasteiger partial charge in [0.05, 0.1) is 15.8 Å². The molecule has 0 radical (unpaired) electrons. The maximum absolute atomic E-state index is 4.27. The molecule has 0 saturated carbocycles. The molecule has 3 nitrogen and oxygen atoms in total. The second kappa shape index (κ2) is 4.81. The first-order valence-corrected chi connectivity index (χ1v) is 5.20. The lowest BCUT2D eigenvalue weighted by atomic mass is 10.2. The molecule has 1 heterocycles. The monoisotopic (exact) mass is 279 g/mol. The van der Waals surface area contributed by atoms with Crippen molar-refractivity contribution in [3.8, 4) is 0 Å². The Hall–Kier alpha value is -0.100. The normalized spacial score (nSPS) is 13.2. The molecule has 4 heteroatoms. The van der Waals surface area contributed by atoms with Crippen molar-refractivity contribution >= 4 is 22.6 Å². The summed E-state index contributed by atoms with van der Waals surface area (Å²) < 4.78 is 3.22. The Morgan fingerprint density at radius 2 is 2.50 bits per heavy atom. The summed E-state index contributed by atoms with van der Waals surface area (Å²) in [5.74, 6) is 0. The van der Waals surface area contributed by atoms with Gasteiger partial charge in [-0.2, -0.15) is 5.10 Å². The van der Waals surface area contributed by atoms with Crippen LogP contribution in [0.5, 0.6) is 0 Å². The van der Waals surface area contributed by atoms with Gasteiger partial charge in [-0.05, 0) is 36.1 Å². The molecule has 0 fully saturated rings. The van der Waals surface area contributed by atoms with E-state index in [0.717, 1.165) is 13.0 Å². The second-order valence-electron chi connectivity index (χ2n) is 2.76. The molecule has 1 N–H and O–H groups in total. The number of hydrogen-bond acceptors (Lipinski definition) is 2. The second-order valence-corrected chi connectivity index (χ2v) is 4.00. The van der Waals surface area contributed by atoms with E-state index in [1.807, 2.05) is 17.9 Å². The van der Waals surface area contributed by atoms with Crippen LogP contribution in [0.25, 0.3) is 0 Å². The molecular weight excluding hydrogens is 265 g/mol. The first-order valence-electron chi connectivity index (χ1n) is 4.12. The van der Waals surface area contributed by atoms with Crippen molar-refractivity contribution in [3.63, 3.8) is 0 Å². The molecule has 12 heavy (non-hydrogen) atoms. The van der Waals surface area contributed by atoms with Crippen molar-refractivity contribution in [2.24, 2.45) is 0 Å². The van der Waals surface area contributed by atoms with Crippen LogP contribution in [0.1, 0.15) is 19.4 Å². The molecule has 0 aromatic carbocycles. The molecule has 0 saturated heterocycles. The Bertz CT molecular complexity index is 234. The van der Waals surface area contributed by atoms with E-state index in [4.69, 9.17) is 0 Å². The summed E-state index contributed by atoms with van der Waals surface area (Å²) in [6, 6.07) is 0.485. The molecule has 68 valence electrons. The highest BCUT2D eigenvalue weighted by molar-refractivity contribution is 14.1. The third-order valence-electron chi connectivity index (χ3n) is 1.86. The molecule has 1 rings (SSSR count). The molecule has 0 aliphatic carbocycles. The van der Waals surface area contributed by atoms with Crippen LogP contribution in [0.15, 0.2) is 12.4 Å². The standard InChI is InChI=1S/C8H14IN3/c1-3-8(5-10-2)12-6-7(9)4-11-12/h4,6,8,10H,3,5H2,1-2H3. The minimum atomic E-state index is 0.485. The maximum Gasteiger partial charge on any atom is 0.0641 e. The summed E-state index contributed by atoms with van der Waals surface area (Å²) in [4.78, 5) is 0. The molecule has 0 amide bonds. The smallest absolute Gasteiger partial charge is 0.0641 e. The van der Waals surface area contributed by atoms with Gasteiger partial charge in [-0.25, -0.2) is 0 Å². The predicted molar refractivity (Wildman–Crippen MR) is 58.2 cm³/mol. The fourth-order valence-corrected chi connectivity index (χ4v) is 1.59. The molecular formula is C8H14IN3. The summed E-state index contributed by atoms with van der Waals surface area (Å²) in [5.41, 5.74) is 0. The van der Waals surface area contributed by atoms with E-state index in [-0.39, 0.29) is 0 Å². The number of likely N-dealkylation sites (N-methyl/N-ethyl adjacent to an activating group) is 1. The van der Waals surface area contributed by atoms with Crippen LogP contribution in [-0.2, 0) is 0 Å². The SMILES string of the molecule is CCC(CNC)n1cc(I)cn1. The van der Waals surface area contributed by atoms with E-state index in [9.17, 15) is 0 Å². The van der Waals surface area contributed by atoms with E-state index >= 15 is 0 Å². The van der Waals surface area contributed by atoms with Crippen molar-refractivity contribution in [1.29, 1.82) is 0 Å². The van der Waals surface area contributed by atoms with E-state index < -0.39 is 0 Å². The van der Waals surface area contributed by atoms with Gasteiger partial charge in [-0.1, -0.05) is 6.92 Å². The van der Waals surface area contributed by atoms with Crippen LogP contribution in [0.3, 0.4) is 0 Å². The van der Waals surface area contributed by atoms with Gasteiger partial charge in [0.15, 0.2) is 0 Å². The Kier molecular flexibility index (Phi) is 4.00. The molecule has 1 unspecified atom stereocenters. The van der Waals surface area contributed by atoms with Crippen molar-refractivity contribution in [2.45, 2.75) is 19.4 Å². The Morgan fingerprint density at radius 3 is 2.92 bits per heavy atom. The van der Waals surface area contributed by atoms with Gasteiger partial charge in [-0.15, -0.1) is 0 Å². The van der Waals surface area contributed by atoms with Gasteiger partial charge < -0.3 is 5.32 Å². The zero-order chi connectivity index (χ0) is 8.97. The van der Waals surface area contributed by atoms with Crippen LogP contribution >= 0.6 is 22.6 Å². The molecule has 1 aromatic heterocycles. The van der Waals surface area contributed by atoms with Crippen molar-refractivity contribution in [2.75, 3.05) is 13.6 Å². The molecule has 1 atom stereocenters. The van der Waals surface area contributed by atoms with Crippen LogP contribution < -0.4 is 5.32 Å². The van der Waals surface area contributed by atoms with Gasteiger partial charge in [-0.3, -0.25) is 4.68 Å². The van der Waals surface area contributed by atoms with Crippen molar-refractivity contribution in [1.82, 2.24) is 15.1 Å². The van der Waals surface area contributed by atoms with Gasteiger partial charge >= 0.3 is 0 Å². The average Bonchev–Trinajstić information content (AvgIpc) is 2.47. The van der Waals surface area contributed by atoms with Crippen molar-refractivity contribution < 1.29 is 0 Å². The summed E-state index contributed by atoms with van der Waals surface area (Å²) in [6.07, 6.45) is 5.07. The largest absolute Gasteiger partial charge is 0.318 e. The Morgan fingerprint density at radius 1 is 1.75 bits per heavy atom. The predicted octanol–water partition coefficient (Wildman–Crippen LogP) is 1.66. The topological polar surface area (TPSA) is 29.9 Å². The Balaban J connectivity index is 2.66. The van der Waals surface area contributed by atoms with Crippen LogP contribution in [0.4, 0.5) is 0 Å². The lowest BCUT2D eigenvalue weighted by Gasteiger charge is -2.14. The van der Waals surface area contributed by atoms with E-state index in [1.54, 1.807) is 0 Å². The minimum absolute atomic E-state index is 0.485. The number of nitrogens with zero attached hydrogens (tertiary/aromatic N) is 2.